The Bertz CT molecular complexity index is 334. The second kappa shape index (κ2) is 5.33. The lowest BCUT2D eigenvalue weighted by Crippen LogP contribution is -2.36. The van der Waals surface area contributed by atoms with Gasteiger partial charge in [-0.1, -0.05) is 11.8 Å². The monoisotopic (exact) mass is 275 g/mol. The molecule has 6 heteroatoms. The lowest BCUT2D eigenvalue weighted by molar-refractivity contribution is -0.120. The van der Waals surface area contributed by atoms with Crippen LogP contribution in [0.4, 0.5) is 0 Å². The molecule has 1 aromatic heterocycles. The number of aromatic nitrogens is 1. The van der Waals surface area contributed by atoms with Crippen LogP contribution in [0.2, 0.25) is 0 Å². The SMILES string of the molecule is CC(Sc1ncccc1Br)C(=O)NN. The number of thioether (sulfide) groups is 1. The summed E-state index contributed by atoms with van der Waals surface area (Å²) in [5, 5.41) is 0.523. The predicted octanol–water partition coefficient (Wildman–Crippen LogP) is 1.31. The largest absolute Gasteiger partial charge is 0.293 e. The van der Waals surface area contributed by atoms with Gasteiger partial charge in [0.1, 0.15) is 5.03 Å². The molecule has 0 saturated carbocycles. The van der Waals surface area contributed by atoms with E-state index in [1.807, 2.05) is 12.1 Å². The summed E-state index contributed by atoms with van der Waals surface area (Å²) in [4.78, 5) is 15.3. The highest BCUT2D eigenvalue weighted by Gasteiger charge is 2.14. The van der Waals surface area contributed by atoms with Crippen LogP contribution in [0.15, 0.2) is 27.8 Å². The highest BCUT2D eigenvalue weighted by molar-refractivity contribution is 9.10. The number of halogens is 1. The van der Waals surface area contributed by atoms with Crippen molar-refractivity contribution in [2.24, 2.45) is 5.84 Å². The third-order valence-corrected chi connectivity index (χ3v) is 3.54. The molecule has 0 aromatic carbocycles. The van der Waals surface area contributed by atoms with E-state index < -0.39 is 0 Å². The second-order valence-electron chi connectivity index (χ2n) is 2.56. The molecule has 1 aromatic rings. The van der Waals surface area contributed by atoms with Crippen LogP contribution in [0, 0.1) is 0 Å². The fourth-order valence-electron chi connectivity index (χ4n) is 0.796. The molecule has 0 bridgehead atoms. The van der Waals surface area contributed by atoms with Crippen LogP contribution >= 0.6 is 27.7 Å². The first-order valence-corrected chi connectivity index (χ1v) is 5.60. The number of carbonyl (C=O) groups excluding carboxylic acids is 1. The Morgan fingerprint density at radius 1 is 1.79 bits per heavy atom. The number of pyridine rings is 1. The number of nitrogens with zero attached hydrogens (tertiary/aromatic N) is 1. The van der Waals surface area contributed by atoms with Crippen molar-refractivity contribution >= 4 is 33.6 Å². The first-order valence-electron chi connectivity index (χ1n) is 3.92. The molecule has 4 nitrogen and oxygen atoms in total. The fourth-order valence-corrected chi connectivity index (χ4v) is 2.14. The second-order valence-corrected chi connectivity index (χ2v) is 4.74. The van der Waals surface area contributed by atoms with E-state index in [1.165, 1.54) is 11.8 Å². The third kappa shape index (κ3) is 2.97. The summed E-state index contributed by atoms with van der Waals surface area (Å²) in [7, 11) is 0. The summed E-state index contributed by atoms with van der Waals surface area (Å²) >= 11 is 4.70. The van der Waals surface area contributed by atoms with E-state index in [9.17, 15) is 4.79 Å². The Hall–Kier alpha value is -0.590. The molecule has 0 aliphatic carbocycles. The van der Waals surface area contributed by atoms with Crippen LogP contribution in [0.5, 0.6) is 0 Å². The van der Waals surface area contributed by atoms with Gasteiger partial charge in [-0.25, -0.2) is 10.8 Å². The standard InChI is InChI=1S/C8H10BrN3OS/c1-5(7(13)12-10)14-8-6(9)3-2-4-11-8/h2-5H,10H2,1H3,(H,12,13). The van der Waals surface area contributed by atoms with Gasteiger partial charge in [-0.3, -0.25) is 10.2 Å². The van der Waals surface area contributed by atoms with Gasteiger partial charge in [0.15, 0.2) is 0 Å². The van der Waals surface area contributed by atoms with Crippen LogP contribution in [-0.2, 0) is 4.79 Å². The summed E-state index contributed by atoms with van der Waals surface area (Å²) in [6, 6.07) is 3.70. The number of rotatable bonds is 3. The fraction of sp³-hybridized carbons (Fsp3) is 0.250. The molecule has 0 saturated heterocycles. The molecule has 1 atom stereocenters. The number of nitrogens with two attached hydrogens (primary N) is 1. The quantitative estimate of drug-likeness (QED) is 0.378. The normalized spacial score (nSPS) is 12.2. The van der Waals surface area contributed by atoms with Crippen molar-refractivity contribution in [1.82, 2.24) is 10.4 Å². The number of hydrogen-bond donors (Lipinski definition) is 2. The lowest BCUT2D eigenvalue weighted by atomic mass is 10.5. The molecule has 0 aliphatic rings. The summed E-state index contributed by atoms with van der Waals surface area (Å²) in [5.41, 5.74) is 2.10. The average molecular weight is 276 g/mol. The van der Waals surface area contributed by atoms with Crippen molar-refractivity contribution in [3.05, 3.63) is 22.8 Å². The van der Waals surface area contributed by atoms with Gasteiger partial charge in [0.2, 0.25) is 5.91 Å². The zero-order chi connectivity index (χ0) is 10.6. The molecule has 0 spiro atoms. The number of nitrogens with one attached hydrogen (secondary N) is 1. The topological polar surface area (TPSA) is 68.0 Å². The number of amides is 1. The Morgan fingerprint density at radius 2 is 2.50 bits per heavy atom. The molecule has 76 valence electrons. The van der Waals surface area contributed by atoms with Crippen molar-refractivity contribution < 1.29 is 4.79 Å². The Morgan fingerprint density at radius 3 is 3.07 bits per heavy atom. The maximum atomic E-state index is 11.1. The van der Waals surface area contributed by atoms with E-state index in [2.05, 4.69) is 26.3 Å². The first-order chi connectivity index (χ1) is 6.65. The maximum absolute atomic E-state index is 11.1. The third-order valence-electron chi connectivity index (χ3n) is 1.52. The van der Waals surface area contributed by atoms with Crippen molar-refractivity contribution in [2.45, 2.75) is 17.2 Å². The van der Waals surface area contributed by atoms with E-state index in [0.717, 1.165) is 9.50 Å². The minimum atomic E-state index is -0.258. The zero-order valence-corrected chi connectivity index (χ0v) is 9.93. The minimum Gasteiger partial charge on any atom is -0.293 e. The van der Waals surface area contributed by atoms with E-state index in [0.29, 0.717) is 0 Å². The molecule has 1 rings (SSSR count). The number of hydrazine groups is 1. The number of hydrogen-bond acceptors (Lipinski definition) is 4. The Balaban J connectivity index is 2.69. The van der Waals surface area contributed by atoms with Gasteiger partial charge in [-0.05, 0) is 35.0 Å². The maximum Gasteiger partial charge on any atom is 0.247 e. The zero-order valence-electron chi connectivity index (χ0n) is 7.53. The van der Waals surface area contributed by atoms with Gasteiger partial charge in [-0.15, -0.1) is 0 Å². The molecule has 1 heterocycles. The van der Waals surface area contributed by atoms with Gasteiger partial charge in [-0.2, -0.15) is 0 Å². The lowest BCUT2D eigenvalue weighted by Gasteiger charge is -2.09. The molecule has 1 unspecified atom stereocenters. The molecule has 3 N–H and O–H groups in total. The smallest absolute Gasteiger partial charge is 0.247 e. The summed E-state index contributed by atoms with van der Waals surface area (Å²) in [6.45, 7) is 1.77. The Labute approximate surface area is 94.8 Å². The Kier molecular flexibility index (Phi) is 4.37. The van der Waals surface area contributed by atoms with Gasteiger partial charge < -0.3 is 0 Å². The molecule has 0 aliphatic heterocycles. The van der Waals surface area contributed by atoms with E-state index in [4.69, 9.17) is 5.84 Å². The predicted molar refractivity (Wildman–Crippen MR) is 59.6 cm³/mol. The van der Waals surface area contributed by atoms with Crippen molar-refractivity contribution in [3.63, 3.8) is 0 Å². The molecule has 0 radical (unpaired) electrons. The molecular formula is C8H10BrN3OS. The van der Waals surface area contributed by atoms with Crippen molar-refractivity contribution in [3.8, 4) is 0 Å². The van der Waals surface area contributed by atoms with Crippen LogP contribution < -0.4 is 11.3 Å². The van der Waals surface area contributed by atoms with Gasteiger partial charge in [0.25, 0.3) is 0 Å². The van der Waals surface area contributed by atoms with Crippen molar-refractivity contribution in [1.29, 1.82) is 0 Å². The van der Waals surface area contributed by atoms with Crippen molar-refractivity contribution in [2.75, 3.05) is 0 Å². The highest BCUT2D eigenvalue weighted by Crippen LogP contribution is 2.27. The van der Waals surface area contributed by atoms with Crippen LogP contribution in [0.3, 0.4) is 0 Å². The molecule has 0 fully saturated rings. The minimum absolute atomic E-state index is 0.215. The highest BCUT2D eigenvalue weighted by atomic mass is 79.9. The first kappa shape index (κ1) is 11.5. The van der Waals surface area contributed by atoms with Crippen LogP contribution in [-0.4, -0.2) is 16.1 Å². The van der Waals surface area contributed by atoms with E-state index >= 15 is 0 Å². The molecule has 1 amide bonds. The van der Waals surface area contributed by atoms with Crippen LogP contribution in [0.1, 0.15) is 6.92 Å². The molecular weight excluding hydrogens is 266 g/mol. The molecule has 14 heavy (non-hydrogen) atoms. The summed E-state index contributed by atoms with van der Waals surface area (Å²) < 4.78 is 0.877. The summed E-state index contributed by atoms with van der Waals surface area (Å²) in [5.74, 6) is 4.80. The summed E-state index contributed by atoms with van der Waals surface area (Å²) in [6.07, 6.45) is 1.68. The average Bonchev–Trinajstić information content (AvgIpc) is 2.20. The van der Waals surface area contributed by atoms with Gasteiger partial charge in [0, 0.05) is 10.7 Å². The van der Waals surface area contributed by atoms with Gasteiger partial charge in [0.05, 0.1) is 5.25 Å². The van der Waals surface area contributed by atoms with E-state index in [-0.39, 0.29) is 11.2 Å². The number of carbonyl (C=O) groups is 1. The van der Waals surface area contributed by atoms with Crippen LogP contribution in [0.25, 0.3) is 0 Å². The van der Waals surface area contributed by atoms with E-state index in [1.54, 1.807) is 13.1 Å². The van der Waals surface area contributed by atoms with Gasteiger partial charge >= 0.3 is 0 Å².